The summed E-state index contributed by atoms with van der Waals surface area (Å²) in [4.78, 5) is 10.9. The van der Waals surface area contributed by atoms with Crippen LogP contribution in [0.15, 0.2) is 0 Å². The Morgan fingerprint density at radius 1 is 0.938 bits per heavy atom. The smallest absolute Gasteiger partial charge is 0.216 e. The van der Waals surface area contributed by atoms with Crippen molar-refractivity contribution in [3.8, 4) is 0 Å². The summed E-state index contributed by atoms with van der Waals surface area (Å²) < 4.78 is 0. The minimum absolute atomic E-state index is 0.120. The van der Waals surface area contributed by atoms with Gasteiger partial charge in [0.05, 0.1) is 0 Å². The molecule has 0 heterocycles. The molecule has 0 spiro atoms. The van der Waals surface area contributed by atoms with Gasteiger partial charge < -0.3 is 5.32 Å². The molecule has 1 saturated carbocycles. The lowest BCUT2D eigenvalue weighted by atomic mass is 9.95. The van der Waals surface area contributed by atoms with Gasteiger partial charge in [-0.25, -0.2) is 0 Å². The molecule has 0 unspecified atom stereocenters. The van der Waals surface area contributed by atoms with Gasteiger partial charge in [-0.15, -0.1) is 0 Å². The van der Waals surface area contributed by atoms with Crippen molar-refractivity contribution in [3.05, 3.63) is 0 Å². The number of hydrogen-bond donors (Lipinski definition) is 1. The second kappa shape index (κ2) is 8.60. The molecule has 1 aliphatic carbocycles. The molecule has 0 aromatic rings. The van der Waals surface area contributed by atoms with Crippen molar-refractivity contribution in [1.29, 1.82) is 0 Å². The lowest BCUT2D eigenvalue weighted by Crippen LogP contribution is -2.27. The van der Waals surface area contributed by atoms with Crippen LogP contribution in [0.2, 0.25) is 0 Å². The van der Waals surface area contributed by atoms with E-state index in [1.165, 1.54) is 64.2 Å². The third-order valence-corrected chi connectivity index (χ3v) is 3.61. The molecule has 16 heavy (non-hydrogen) atoms. The van der Waals surface area contributed by atoms with Crippen molar-refractivity contribution in [2.24, 2.45) is 5.92 Å². The van der Waals surface area contributed by atoms with Crippen LogP contribution in [0.25, 0.3) is 0 Å². The van der Waals surface area contributed by atoms with E-state index >= 15 is 0 Å². The third kappa shape index (κ3) is 6.86. The number of carbonyl (C=O) groups is 1. The van der Waals surface area contributed by atoms with E-state index in [9.17, 15) is 4.79 Å². The SMILES string of the molecule is CC(=O)NCC1CCCCCCCCCC1. The Morgan fingerprint density at radius 2 is 1.38 bits per heavy atom. The van der Waals surface area contributed by atoms with Crippen molar-refractivity contribution in [2.45, 2.75) is 71.1 Å². The van der Waals surface area contributed by atoms with Crippen molar-refractivity contribution in [1.82, 2.24) is 5.32 Å². The highest BCUT2D eigenvalue weighted by Gasteiger charge is 2.09. The molecule has 0 aromatic heterocycles. The lowest BCUT2D eigenvalue weighted by Gasteiger charge is -2.16. The molecule has 94 valence electrons. The zero-order chi connectivity index (χ0) is 11.6. The van der Waals surface area contributed by atoms with Crippen LogP contribution in [0.4, 0.5) is 0 Å². The van der Waals surface area contributed by atoms with Crippen LogP contribution >= 0.6 is 0 Å². The fourth-order valence-corrected chi connectivity index (χ4v) is 2.56. The lowest BCUT2D eigenvalue weighted by molar-refractivity contribution is -0.119. The summed E-state index contributed by atoms with van der Waals surface area (Å²) in [5.74, 6) is 0.844. The van der Waals surface area contributed by atoms with E-state index in [0.29, 0.717) is 0 Å². The van der Waals surface area contributed by atoms with Gasteiger partial charge in [0, 0.05) is 13.5 Å². The monoisotopic (exact) mass is 225 g/mol. The van der Waals surface area contributed by atoms with E-state index < -0.39 is 0 Å². The van der Waals surface area contributed by atoms with Crippen molar-refractivity contribution in [2.75, 3.05) is 6.54 Å². The first-order valence-electron chi connectivity index (χ1n) is 7.03. The molecule has 0 atom stereocenters. The van der Waals surface area contributed by atoms with Crippen molar-refractivity contribution < 1.29 is 4.79 Å². The highest BCUT2D eigenvalue weighted by atomic mass is 16.1. The van der Waals surface area contributed by atoms with E-state index in [-0.39, 0.29) is 5.91 Å². The standard InChI is InChI=1S/C14H27NO/c1-13(16)15-12-14-10-8-6-4-2-3-5-7-9-11-14/h14H,2-12H2,1H3,(H,15,16). The summed E-state index contributed by atoms with van der Waals surface area (Å²) in [7, 11) is 0. The Kier molecular flexibility index (Phi) is 7.28. The second-order valence-electron chi connectivity index (χ2n) is 5.21. The van der Waals surface area contributed by atoms with Crippen LogP contribution in [0.5, 0.6) is 0 Å². The van der Waals surface area contributed by atoms with Crippen LogP contribution in [-0.4, -0.2) is 12.5 Å². The number of rotatable bonds is 2. The molecule has 1 aliphatic rings. The molecule has 2 heteroatoms. The molecular weight excluding hydrogens is 198 g/mol. The normalized spacial score (nSPS) is 21.1. The quantitative estimate of drug-likeness (QED) is 0.763. The summed E-state index contributed by atoms with van der Waals surface area (Å²) >= 11 is 0. The largest absolute Gasteiger partial charge is 0.356 e. The van der Waals surface area contributed by atoms with E-state index in [4.69, 9.17) is 0 Å². The fraction of sp³-hybridized carbons (Fsp3) is 0.929. The minimum Gasteiger partial charge on any atom is -0.356 e. The minimum atomic E-state index is 0.120. The van der Waals surface area contributed by atoms with Crippen LogP contribution in [0, 0.1) is 5.92 Å². The maximum Gasteiger partial charge on any atom is 0.216 e. The van der Waals surface area contributed by atoms with Gasteiger partial charge in [0.2, 0.25) is 5.91 Å². The maximum atomic E-state index is 10.9. The average molecular weight is 225 g/mol. The van der Waals surface area contributed by atoms with E-state index in [2.05, 4.69) is 5.32 Å². The van der Waals surface area contributed by atoms with Gasteiger partial charge in [-0.05, 0) is 18.8 Å². The molecular formula is C14H27NO. The Morgan fingerprint density at radius 3 is 1.81 bits per heavy atom. The zero-order valence-electron chi connectivity index (χ0n) is 10.8. The molecule has 1 rings (SSSR count). The molecule has 1 fully saturated rings. The molecule has 0 aliphatic heterocycles. The zero-order valence-corrected chi connectivity index (χ0v) is 10.8. The van der Waals surface area contributed by atoms with E-state index in [1.54, 1.807) is 6.92 Å². The highest BCUT2D eigenvalue weighted by molar-refractivity contribution is 5.72. The van der Waals surface area contributed by atoms with Crippen molar-refractivity contribution in [3.63, 3.8) is 0 Å². The first kappa shape index (κ1) is 13.5. The molecule has 0 saturated heterocycles. The van der Waals surface area contributed by atoms with Crippen LogP contribution in [-0.2, 0) is 4.79 Å². The van der Waals surface area contributed by atoms with Gasteiger partial charge >= 0.3 is 0 Å². The Labute approximate surface area is 100 Å². The average Bonchev–Trinajstić information content (AvgIpc) is 2.31. The molecule has 0 aromatic carbocycles. The maximum absolute atomic E-state index is 10.9. The topological polar surface area (TPSA) is 29.1 Å². The summed E-state index contributed by atoms with van der Waals surface area (Å²) in [6.45, 7) is 2.51. The molecule has 1 N–H and O–H groups in total. The van der Waals surface area contributed by atoms with Crippen LogP contribution in [0.1, 0.15) is 71.1 Å². The fourth-order valence-electron chi connectivity index (χ4n) is 2.56. The van der Waals surface area contributed by atoms with Gasteiger partial charge in [0.1, 0.15) is 0 Å². The Bertz CT molecular complexity index is 179. The highest BCUT2D eigenvalue weighted by Crippen LogP contribution is 2.20. The molecule has 0 radical (unpaired) electrons. The number of carbonyl (C=O) groups excluding carboxylic acids is 1. The predicted octanol–water partition coefficient (Wildman–Crippen LogP) is 3.65. The van der Waals surface area contributed by atoms with Gasteiger partial charge in [0.25, 0.3) is 0 Å². The van der Waals surface area contributed by atoms with Crippen LogP contribution < -0.4 is 5.32 Å². The molecule has 1 amide bonds. The van der Waals surface area contributed by atoms with Crippen molar-refractivity contribution >= 4 is 5.91 Å². The van der Waals surface area contributed by atoms with E-state index in [0.717, 1.165) is 12.5 Å². The van der Waals surface area contributed by atoms with Gasteiger partial charge in [-0.3, -0.25) is 4.79 Å². The first-order chi connectivity index (χ1) is 7.79. The molecule has 0 bridgehead atoms. The van der Waals surface area contributed by atoms with Gasteiger partial charge in [0.15, 0.2) is 0 Å². The van der Waals surface area contributed by atoms with Gasteiger partial charge in [-0.2, -0.15) is 0 Å². The summed E-state index contributed by atoms with van der Waals surface area (Å²) in [6, 6.07) is 0. The third-order valence-electron chi connectivity index (χ3n) is 3.61. The van der Waals surface area contributed by atoms with Crippen LogP contribution in [0.3, 0.4) is 0 Å². The second-order valence-corrected chi connectivity index (χ2v) is 5.21. The number of nitrogens with one attached hydrogen (secondary N) is 1. The Hall–Kier alpha value is -0.530. The first-order valence-corrected chi connectivity index (χ1v) is 7.03. The molecule has 2 nitrogen and oxygen atoms in total. The summed E-state index contributed by atoms with van der Waals surface area (Å²) in [6.07, 6.45) is 13.8. The van der Waals surface area contributed by atoms with Gasteiger partial charge in [-0.1, -0.05) is 51.4 Å². The summed E-state index contributed by atoms with van der Waals surface area (Å²) in [5.41, 5.74) is 0. The Balaban J connectivity index is 2.24. The number of amides is 1. The van der Waals surface area contributed by atoms with E-state index in [1.807, 2.05) is 0 Å². The summed E-state index contributed by atoms with van der Waals surface area (Å²) in [5, 5.41) is 2.98. The number of hydrogen-bond acceptors (Lipinski definition) is 1. The predicted molar refractivity (Wildman–Crippen MR) is 68.3 cm³/mol.